The molecule has 0 aromatic heterocycles. The van der Waals surface area contributed by atoms with Crippen molar-refractivity contribution in [1.29, 1.82) is 0 Å². The Morgan fingerprint density at radius 3 is 2.67 bits per heavy atom. The van der Waals surface area contributed by atoms with E-state index in [1.54, 1.807) is 18.8 Å². The number of thioether (sulfide) groups is 1. The molecule has 0 bridgehead atoms. The van der Waals surface area contributed by atoms with Crippen LogP contribution in [0.3, 0.4) is 0 Å². The number of quaternary nitrogens is 1. The fourth-order valence-corrected chi connectivity index (χ4v) is 2.91. The molecule has 0 saturated carbocycles. The molecule has 1 amide bonds. The Kier molecular flexibility index (Phi) is 7.16. The normalized spacial score (nSPS) is 12.9. The van der Waals surface area contributed by atoms with Gasteiger partial charge in [-0.2, -0.15) is 0 Å². The second kappa shape index (κ2) is 8.38. The summed E-state index contributed by atoms with van der Waals surface area (Å²) in [6.45, 7) is 0.681. The molecule has 2 N–H and O–H groups in total. The third-order valence-corrected chi connectivity index (χ3v) is 4.43. The van der Waals surface area contributed by atoms with E-state index in [0.717, 1.165) is 15.5 Å². The third-order valence-electron chi connectivity index (χ3n) is 2.84. The first-order valence-electron chi connectivity index (χ1n) is 6.49. The van der Waals surface area contributed by atoms with Crippen molar-refractivity contribution in [2.24, 2.45) is 0 Å². The Morgan fingerprint density at radius 2 is 2.05 bits per heavy atom. The lowest BCUT2D eigenvalue weighted by Gasteiger charge is -2.15. The zero-order valence-corrected chi connectivity index (χ0v) is 13.7. The van der Waals surface area contributed by atoms with E-state index >= 15 is 0 Å². The molecule has 1 aromatic rings. The molecule has 8 heteroatoms. The van der Waals surface area contributed by atoms with Crippen molar-refractivity contribution >= 4 is 33.5 Å². The molecular formula is C13H20N2O4S2. The predicted octanol–water partition coefficient (Wildman–Crippen LogP) is -0.203. The standard InChI is InChI=1S/C13H20N2O4S2/c1-15(8-5-9-21(17,18)19)10-13(16)14-11-6-3-4-7-12(11)20-2/h3-4,6-7H,5,8-10H2,1-2H3,(H,14,16)(H,17,18,19). The number of anilines is 1. The number of carbonyl (C=O) groups is 1. The Bertz CT molecular complexity index is 575. The largest absolute Gasteiger partial charge is 0.748 e. The number of hydrogen-bond acceptors (Lipinski definition) is 5. The van der Waals surface area contributed by atoms with Crippen LogP contribution in [0.4, 0.5) is 5.69 Å². The first kappa shape index (κ1) is 18.0. The van der Waals surface area contributed by atoms with Crippen LogP contribution in [-0.2, 0) is 14.9 Å². The quantitative estimate of drug-likeness (QED) is 0.508. The molecule has 0 aliphatic heterocycles. The van der Waals surface area contributed by atoms with Crippen molar-refractivity contribution < 1.29 is 22.7 Å². The van der Waals surface area contributed by atoms with E-state index in [0.29, 0.717) is 6.54 Å². The molecule has 1 unspecified atom stereocenters. The second-order valence-electron chi connectivity index (χ2n) is 4.75. The van der Waals surface area contributed by atoms with Crippen molar-refractivity contribution in [2.75, 3.05) is 37.5 Å². The van der Waals surface area contributed by atoms with Crippen LogP contribution in [-0.4, -0.2) is 51.0 Å². The Hall–Kier alpha value is -1.09. The summed E-state index contributed by atoms with van der Waals surface area (Å²) in [5.41, 5.74) is 0.768. The number of amides is 1. The molecule has 0 heterocycles. The highest BCUT2D eigenvalue weighted by atomic mass is 32.2. The maximum absolute atomic E-state index is 11.9. The van der Waals surface area contributed by atoms with E-state index in [9.17, 15) is 17.8 Å². The smallest absolute Gasteiger partial charge is 0.279 e. The van der Waals surface area contributed by atoms with E-state index in [2.05, 4.69) is 5.32 Å². The third kappa shape index (κ3) is 7.47. The zero-order valence-electron chi connectivity index (χ0n) is 12.1. The van der Waals surface area contributed by atoms with E-state index < -0.39 is 10.1 Å². The molecule has 0 spiro atoms. The minimum absolute atomic E-state index is 0.140. The van der Waals surface area contributed by atoms with Crippen LogP contribution in [0.15, 0.2) is 29.2 Å². The second-order valence-corrected chi connectivity index (χ2v) is 7.12. The topological polar surface area (TPSA) is 90.7 Å². The van der Waals surface area contributed by atoms with E-state index in [1.165, 1.54) is 0 Å². The van der Waals surface area contributed by atoms with Crippen LogP contribution >= 0.6 is 11.8 Å². The number of carbonyl (C=O) groups excluding carboxylic acids is 1. The van der Waals surface area contributed by atoms with Gasteiger partial charge in [0.1, 0.15) is 0 Å². The van der Waals surface area contributed by atoms with Crippen molar-refractivity contribution in [1.82, 2.24) is 0 Å². The number of likely N-dealkylation sites (N-methyl/N-ethyl adjacent to an activating group) is 1. The first-order valence-corrected chi connectivity index (χ1v) is 9.30. The lowest BCUT2D eigenvalue weighted by atomic mass is 10.3. The van der Waals surface area contributed by atoms with E-state index in [-0.39, 0.29) is 24.6 Å². The maximum Gasteiger partial charge on any atom is 0.279 e. The van der Waals surface area contributed by atoms with Gasteiger partial charge in [-0.1, -0.05) is 12.1 Å². The summed E-state index contributed by atoms with van der Waals surface area (Å²) in [5.74, 6) is -0.527. The molecule has 118 valence electrons. The fourth-order valence-electron chi connectivity index (χ4n) is 1.86. The summed E-state index contributed by atoms with van der Waals surface area (Å²) in [5, 5.41) is 2.84. The summed E-state index contributed by atoms with van der Waals surface area (Å²) < 4.78 is 31.5. The van der Waals surface area contributed by atoms with Gasteiger partial charge in [0, 0.05) is 17.1 Å². The van der Waals surface area contributed by atoms with Crippen LogP contribution in [0.2, 0.25) is 0 Å². The number of rotatable bonds is 8. The summed E-state index contributed by atoms with van der Waals surface area (Å²) >= 11 is 1.55. The molecule has 1 aromatic carbocycles. The Balaban J connectivity index is 2.42. The minimum Gasteiger partial charge on any atom is -0.748 e. The van der Waals surface area contributed by atoms with Crippen LogP contribution in [0, 0.1) is 0 Å². The van der Waals surface area contributed by atoms with Gasteiger partial charge in [-0.05, 0) is 18.4 Å². The van der Waals surface area contributed by atoms with Crippen LogP contribution in [0.1, 0.15) is 6.42 Å². The zero-order chi connectivity index (χ0) is 15.9. The van der Waals surface area contributed by atoms with Gasteiger partial charge < -0.3 is 14.8 Å². The van der Waals surface area contributed by atoms with Gasteiger partial charge in [0.25, 0.3) is 5.91 Å². The fraction of sp³-hybridized carbons (Fsp3) is 0.462. The Morgan fingerprint density at radius 1 is 1.38 bits per heavy atom. The molecule has 0 aliphatic rings. The van der Waals surface area contributed by atoms with Crippen molar-refractivity contribution in [2.45, 2.75) is 11.3 Å². The molecule has 1 atom stereocenters. The Labute approximate surface area is 129 Å². The van der Waals surface area contributed by atoms with Gasteiger partial charge in [0.05, 0.1) is 29.4 Å². The molecule has 1 rings (SSSR count). The van der Waals surface area contributed by atoms with Crippen molar-refractivity contribution in [3.8, 4) is 0 Å². The number of hydrogen-bond donors (Lipinski definition) is 2. The average molecular weight is 332 g/mol. The van der Waals surface area contributed by atoms with E-state index in [4.69, 9.17) is 0 Å². The lowest BCUT2D eigenvalue weighted by molar-refractivity contribution is -0.870. The SMILES string of the molecule is CSc1ccccc1NC(=O)C[NH+](C)CCCS(=O)(=O)[O-]. The molecule has 0 aliphatic carbocycles. The van der Waals surface area contributed by atoms with Crippen molar-refractivity contribution in [3.05, 3.63) is 24.3 Å². The maximum atomic E-state index is 11.9. The molecule has 0 fully saturated rings. The lowest BCUT2D eigenvalue weighted by Crippen LogP contribution is -3.10. The highest BCUT2D eigenvalue weighted by Gasteiger charge is 2.12. The molecule has 0 saturated heterocycles. The van der Waals surface area contributed by atoms with Gasteiger partial charge in [-0.25, -0.2) is 8.42 Å². The van der Waals surface area contributed by atoms with Gasteiger partial charge in [0.15, 0.2) is 6.54 Å². The first-order chi connectivity index (χ1) is 9.81. The highest BCUT2D eigenvalue weighted by molar-refractivity contribution is 7.98. The molecule has 21 heavy (non-hydrogen) atoms. The van der Waals surface area contributed by atoms with Crippen molar-refractivity contribution in [3.63, 3.8) is 0 Å². The van der Waals surface area contributed by atoms with Crippen LogP contribution < -0.4 is 10.2 Å². The number of para-hydroxylation sites is 1. The average Bonchev–Trinajstić information content (AvgIpc) is 2.37. The minimum atomic E-state index is -4.17. The van der Waals surface area contributed by atoms with E-state index in [1.807, 2.05) is 30.5 Å². The van der Waals surface area contributed by atoms with Crippen LogP contribution in [0.25, 0.3) is 0 Å². The van der Waals surface area contributed by atoms with Gasteiger partial charge >= 0.3 is 0 Å². The summed E-state index contributed by atoms with van der Waals surface area (Å²) in [6, 6.07) is 7.52. The monoisotopic (exact) mass is 332 g/mol. The summed E-state index contributed by atoms with van der Waals surface area (Å²) in [4.78, 5) is 13.8. The number of nitrogens with one attached hydrogen (secondary N) is 2. The van der Waals surface area contributed by atoms with Gasteiger partial charge in [-0.15, -0.1) is 11.8 Å². The predicted molar refractivity (Wildman–Crippen MR) is 82.7 cm³/mol. The van der Waals surface area contributed by atoms with Gasteiger partial charge in [0.2, 0.25) is 0 Å². The highest BCUT2D eigenvalue weighted by Crippen LogP contribution is 2.24. The molecule has 0 radical (unpaired) electrons. The summed E-state index contributed by atoms with van der Waals surface area (Å²) in [7, 11) is -2.38. The number of benzene rings is 1. The molecular weight excluding hydrogens is 312 g/mol. The van der Waals surface area contributed by atoms with Crippen LogP contribution in [0.5, 0.6) is 0 Å². The van der Waals surface area contributed by atoms with Gasteiger partial charge in [-0.3, -0.25) is 4.79 Å². The summed E-state index contributed by atoms with van der Waals surface area (Å²) in [6.07, 6.45) is 2.19. The molecule has 6 nitrogen and oxygen atoms in total.